The number of nitrogen functional groups attached to an aromatic ring is 2. The van der Waals surface area contributed by atoms with E-state index >= 15 is 0 Å². The van der Waals surface area contributed by atoms with Crippen LogP contribution in [0.4, 0.5) is 17.3 Å². The number of sulfonamides is 2. The van der Waals surface area contributed by atoms with Gasteiger partial charge in [0.1, 0.15) is 17.0 Å². The van der Waals surface area contributed by atoms with Crippen molar-refractivity contribution in [1.82, 2.24) is 20.3 Å². The third-order valence-corrected chi connectivity index (χ3v) is 12.9. The number of imidazole rings is 1. The zero-order valence-electron chi connectivity index (χ0n) is 27.4. The van der Waals surface area contributed by atoms with Crippen molar-refractivity contribution in [3.8, 4) is 22.3 Å². The van der Waals surface area contributed by atoms with Crippen LogP contribution in [0.3, 0.4) is 0 Å². The molecule has 0 amide bonds. The van der Waals surface area contributed by atoms with Crippen molar-refractivity contribution in [2.24, 2.45) is 4.40 Å². The molecule has 7 rings (SSSR count). The Kier molecular flexibility index (Phi) is 14.6. The number of aryl methyl sites for hydroxylation is 4. The molecule has 2 fully saturated rings. The molecule has 51 heavy (non-hydrogen) atoms. The zero-order valence-corrected chi connectivity index (χ0v) is 35.6. The first-order valence-electron chi connectivity index (χ1n) is 14.8. The maximum absolute atomic E-state index is 12.1. The number of anilines is 3. The van der Waals surface area contributed by atoms with Gasteiger partial charge in [-0.3, -0.25) is 4.72 Å². The molecule has 0 radical (unpaired) electrons. The number of nitrogens with two attached hydrogens (primary N) is 2. The van der Waals surface area contributed by atoms with E-state index < -0.39 is 20.0 Å². The molecule has 3 heterocycles. The molecule has 0 aliphatic heterocycles. The molecule has 2 aliphatic rings. The number of nitrogens with one attached hydrogen (secondary N) is 2. The molecule has 0 unspecified atom stereocenters. The van der Waals surface area contributed by atoms with Crippen LogP contribution in [0.5, 0.6) is 0 Å². The van der Waals surface area contributed by atoms with Gasteiger partial charge in [0.05, 0.1) is 38.8 Å². The summed E-state index contributed by atoms with van der Waals surface area (Å²) < 4.78 is 62.9. The summed E-state index contributed by atoms with van der Waals surface area (Å²) in [5.74, 6) is 1.79. The van der Waals surface area contributed by atoms with E-state index in [0.717, 1.165) is 63.3 Å². The second kappa shape index (κ2) is 17.3. The third kappa shape index (κ3) is 10.2. The van der Waals surface area contributed by atoms with Gasteiger partial charge in [-0.1, -0.05) is 17.7 Å². The summed E-state index contributed by atoms with van der Waals surface area (Å²) in [7, 11) is -6.71. The Morgan fingerprint density at radius 3 is 1.84 bits per heavy atom. The number of aromatic amines is 1. The van der Waals surface area contributed by atoms with Crippen molar-refractivity contribution in [2.75, 3.05) is 16.2 Å². The maximum Gasteiger partial charge on any atom is 2.00 e. The van der Waals surface area contributed by atoms with E-state index in [-0.39, 0.29) is 61.6 Å². The number of hydrogen-bond donors (Lipinski definition) is 4. The minimum atomic E-state index is -3.37. The van der Waals surface area contributed by atoms with Gasteiger partial charge in [-0.2, -0.15) is 0 Å². The van der Waals surface area contributed by atoms with Gasteiger partial charge >= 0.3 is 37.7 Å². The molecule has 0 saturated heterocycles. The number of halogens is 2. The molecule has 0 atom stereocenters. The van der Waals surface area contributed by atoms with E-state index in [2.05, 4.69) is 74.6 Å². The van der Waals surface area contributed by atoms with Crippen LogP contribution in [0.15, 0.2) is 37.7 Å². The van der Waals surface area contributed by atoms with Gasteiger partial charge in [-0.15, -0.1) is 6.01 Å². The van der Waals surface area contributed by atoms with Crippen LogP contribution >= 0.6 is 45.2 Å². The van der Waals surface area contributed by atoms with Crippen molar-refractivity contribution in [1.29, 1.82) is 0 Å². The van der Waals surface area contributed by atoms with Gasteiger partial charge < -0.3 is 35.3 Å². The quantitative estimate of drug-likeness (QED) is 0.0589. The largest absolute Gasteiger partial charge is 2.00 e. The molecule has 6 N–H and O–H groups in total. The van der Waals surface area contributed by atoms with Crippen LogP contribution in [0.1, 0.15) is 56.0 Å². The van der Waals surface area contributed by atoms with Crippen LogP contribution in [0.2, 0.25) is 0 Å². The molecule has 15 nitrogen and oxygen atoms in total. The number of fused-ring (bicyclic) bond motifs is 1. The molecule has 2 aliphatic carbocycles. The minimum Gasteiger partial charge on any atom is -0.422 e. The molecule has 2 saturated carbocycles. The molecular formula is C31H36CaI2N9O6S2+. The third-order valence-electron chi connectivity index (χ3n) is 7.66. The van der Waals surface area contributed by atoms with Gasteiger partial charge in [0, 0.05) is 18.3 Å². The van der Waals surface area contributed by atoms with E-state index in [1.807, 2.05) is 52.0 Å². The molecule has 3 aromatic heterocycles. The molecule has 0 bridgehead atoms. The smallest absolute Gasteiger partial charge is 0.422 e. The van der Waals surface area contributed by atoms with Crippen molar-refractivity contribution >= 4 is 137 Å². The Balaban J connectivity index is 0.000000225. The van der Waals surface area contributed by atoms with Crippen LogP contribution in [-0.2, 0) is 20.0 Å². The summed E-state index contributed by atoms with van der Waals surface area (Å²) in [4.78, 5) is 7.44. The topological polar surface area (TPSA) is 248 Å². The second-order valence-corrected chi connectivity index (χ2v) is 17.7. The van der Waals surface area contributed by atoms with E-state index in [0.29, 0.717) is 37.1 Å². The minimum absolute atomic E-state index is 0. The zero-order chi connectivity index (χ0) is 35.8. The predicted molar refractivity (Wildman–Crippen MR) is 218 cm³/mol. The summed E-state index contributed by atoms with van der Waals surface area (Å²) >= 11 is 4.37. The SMILES string of the molecule is C.Cc1noc(C)c1-c1cc(I)c2nc(NS(=O)(=O)C3CC3)[nH]c2c1.Cc1noc(C)c1-c1cc(N)c(N)c(I)c1.[Ca+2].[N-]=C=NS(=O)(=O)C1CC1. The monoisotopic (exact) mass is 988 g/mol. The van der Waals surface area contributed by atoms with E-state index in [1.54, 1.807) is 0 Å². The molecule has 0 spiro atoms. The first-order valence-corrected chi connectivity index (χ1v) is 20.0. The van der Waals surface area contributed by atoms with Crippen LogP contribution in [0.25, 0.3) is 38.7 Å². The first-order chi connectivity index (χ1) is 23.0. The molecule has 268 valence electrons. The van der Waals surface area contributed by atoms with Gasteiger partial charge in [-0.25, -0.2) is 21.8 Å². The van der Waals surface area contributed by atoms with Crippen molar-refractivity contribution < 1.29 is 25.9 Å². The standard InChI is InChI=1S/C15H15IN4O3S.C11H12IN3O.C4H5N2O2S.CH4.Ca/c1-7-13(8(2)23-19-7)9-5-11(16)14-12(6-9)17-15(18-14)20-24(21,22)10-3-4-10;1-5-10(6(2)16-15-5)7-3-8(12)11(14)9(13)4-7;5-3-6-9(7,8)4-1-2-4;;/h5-6,10H,3-4H2,1-2H3,(H2,17,18,20);3-4H,13-14H2,1-2H3;4H,1-2H2;1H4;/q;;-1;;+2. The van der Waals surface area contributed by atoms with E-state index in [9.17, 15) is 16.8 Å². The predicted octanol–water partition coefficient (Wildman–Crippen LogP) is 6.55. The number of aromatic nitrogens is 4. The molecule has 5 aromatic rings. The van der Waals surface area contributed by atoms with Gasteiger partial charge in [0.2, 0.25) is 16.0 Å². The summed E-state index contributed by atoms with van der Waals surface area (Å²) in [6, 6.07) is 9.03. The van der Waals surface area contributed by atoms with Gasteiger partial charge in [0.15, 0.2) is 10.0 Å². The van der Waals surface area contributed by atoms with Crippen molar-refractivity contribution in [3.63, 3.8) is 0 Å². The van der Waals surface area contributed by atoms with Crippen LogP contribution in [0, 0.1) is 34.8 Å². The van der Waals surface area contributed by atoms with Gasteiger partial charge in [0.25, 0.3) is 0 Å². The fourth-order valence-corrected chi connectivity index (χ4v) is 8.61. The Morgan fingerprint density at radius 2 is 1.39 bits per heavy atom. The van der Waals surface area contributed by atoms with Crippen LogP contribution < -0.4 is 16.2 Å². The number of H-pyrrole nitrogens is 1. The van der Waals surface area contributed by atoms with E-state index in [4.69, 9.17) is 25.9 Å². The van der Waals surface area contributed by atoms with Crippen molar-refractivity contribution in [2.45, 2.75) is 71.3 Å². The Hall–Kier alpha value is -2.27. The number of benzene rings is 2. The first kappa shape index (κ1) is 43.1. The number of nitrogens with zero attached hydrogens (tertiary/aromatic N) is 5. The molecule has 20 heteroatoms. The normalized spacial score (nSPS) is 13.8. The maximum atomic E-state index is 12.1. The average molecular weight is 989 g/mol. The summed E-state index contributed by atoms with van der Waals surface area (Å²) in [6.45, 7) is 7.56. The molecule has 2 aromatic carbocycles. The summed E-state index contributed by atoms with van der Waals surface area (Å²) in [6.07, 6.45) is 2.74. The van der Waals surface area contributed by atoms with E-state index in [1.165, 1.54) is 6.01 Å². The summed E-state index contributed by atoms with van der Waals surface area (Å²) in [5, 5.41) is 15.2. The fourth-order valence-electron chi connectivity index (χ4n) is 4.94. The molecular weight excluding hydrogens is 952 g/mol. The summed E-state index contributed by atoms with van der Waals surface area (Å²) in [5.41, 5.74) is 19.9. The number of rotatable bonds is 7. The fraction of sp³-hybridized carbons (Fsp3) is 0.355. The van der Waals surface area contributed by atoms with Crippen molar-refractivity contribution in [3.05, 3.63) is 59.7 Å². The average Bonchev–Trinajstić information content (AvgIpc) is 3.94. The Labute approximate surface area is 353 Å². The van der Waals surface area contributed by atoms with Gasteiger partial charge in [-0.05, 0) is 134 Å². The van der Waals surface area contributed by atoms with Crippen LogP contribution in [-0.4, -0.2) is 91.4 Å². The number of hydrogen-bond acceptors (Lipinski definition) is 11. The second-order valence-electron chi connectivity index (χ2n) is 11.6. The Bertz CT molecular complexity index is 2270. The Morgan fingerprint density at radius 1 is 0.882 bits per heavy atom.